The van der Waals surface area contributed by atoms with Crippen molar-refractivity contribution < 1.29 is 9.53 Å². The Hall–Kier alpha value is -0.790. The Balaban J connectivity index is 3.54. The van der Waals surface area contributed by atoms with Crippen molar-refractivity contribution >= 4 is 5.97 Å². The number of carbonyl (C=O) groups excluding carboxylic acids is 1. The fraction of sp³-hybridized carbons (Fsp3) is 0.889. The van der Waals surface area contributed by atoms with E-state index < -0.39 is 0 Å². The Labute approximate surface area is 183 Å². The van der Waals surface area contributed by atoms with E-state index >= 15 is 0 Å². The zero-order chi connectivity index (χ0) is 21.4. The van der Waals surface area contributed by atoms with Gasteiger partial charge in [0.15, 0.2) is 0 Å². The second-order valence-electron chi connectivity index (χ2n) is 8.81. The lowest BCUT2D eigenvalue weighted by Crippen LogP contribution is -2.16. The summed E-state index contributed by atoms with van der Waals surface area (Å²) in [6, 6.07) is 0. The van der Waals surface area contributed by atoms with Crippen molar-refractivity contribution in [3.63, 3.8) is 0 Å². The van der Waals surface area contributed by atoms with E-state index in [2.05, 4.69) is 26.0 Å². The lowest BCUT2D eigenvalue weighted by atomic mass is 10.0. The topological polar surface area (TPSA) is 26.3 Å². The summed E-state index contributed by atoms with van der Waals surface area (Å²) in [6.45, 7) is 6.06. The molecule has 0 aromatic heterocycles. The molecule has 0 saturated carbocycles. The van der Waals surface area contributed by atoms with E-state index in [0.29, 0.717) is 0 Å². The number of ether oxygens (including phenoxy) is 1. The van der Waals surface area contributed by atoms with Crippen LogP contribution in [0.3, 0.4) is 0 Å². The first-order valence-corrected chi connectivity index (χ1v) is 13.0. The van der Waals surface area contributed by atoms with Gasteiger partial charge in [0.25, 0.3) is 0 Å². The molecule has 0 rings (SSSR count). The van der Waals surface area contributed by atoms with Gasteiger partial charge in [-0.1, -0.05) is 116 Å². The molecular weight excluding hydrogens is 356 g/mol. The van der Waals surface area contributed by atoms with Gasteiger partial charge in [0, 0.05) is 6.92 Å². The smallest absolute Gasteiger partial charge is 0.302 e. The van der Waals surface area contributed by atoms with Gasteiger partial charge < -0.3 is 4.74 Å². The summed E-state index contributed by atoms with van der Waals surface area (Å²) in [5, 5.41) is 0. The number of hydrogen-bond donors (Lipinski definition) is 0. The fourth-order valence-electron chi connectivity index (χ4n) is 3.92. The number of rotatable bonds is 22. The van der Waals surface area contributed by atoms with Gasteiger partial charge in [-0.05, 0) is 38.5 Å². The largest absolute Gasteiger partial charge is 0.463 e. The minimum atomic E-state index is -0.131. The molecule has 0 spiro atoms. The Morgan fingerprint density at radius 2 is 1.07 bits per heavy atom. The molecule has 0 aliphatic rings. The van der Waals surface area contributed by atoms with Crippen molar-refractivity contribution in [2.75, 3.05) is 0 Å². The summed E-state index contributed by atoms with van der Waals surface area (Å²) >= 11 is 0. The van der Waals surface area contributed by atoms with Crippen LogP contribution in [0.2, 0.25) is 0 Å². The number of hydrogen-bond acceptors (Lipinski definition) is 2. The van der Waals surface area contributed by atoms with Gasteiger partial charge >= 0.3 is 5.97 Å². The summed E-state index contributed by atoms with van der Waals surface area (Å²) in [7, 11) is 0. The maximum absolute atomic E-state index is 11.3. The standard InChI is InChI=1S/C27H52O2/c1-4-6-8-10-11-12-13-14-15-16-17-18-19-21-23-25-27(29-26(3)28)24-22-20-9-7-5-2/h19,21,27H,4-18,20,22-25H2,1-3H3. The molecule has 0 aliphatic heterocycles. The summed E-state index contributed by atoms with van der Waals surface area (Å²) in [5.74, 6) is -0.131. The molecule has 1 atom stereocenters. The van der Waals surface area contributed by atoms with Crippen LogP contribution in [0.1, 0.15) is 149 Å². The quantitative estimate of drug-likeness (QED) is 0.101. The lowest BCUT2D eigenvalue weighted by molar-refractivity contribution is -0.146. The van der Waals surface area contributed by atoms with Gasteiger partial charge in [0.05, 0.1) is 0 Å². The third-order valence-corrected chi connectivity index (χ3v) is 5.76. The molecule has 172 valence electrons. The molecule has 2 heteroatoms. The van der Waals surface area contributed by atoms with Crippen LogP contribution in [-0.2, 0) is 9.53 Å². The third-order valence-electron chi connectivity index (χ3n) is 5.76. The molecule has 0 aromatic rings. The SMILES string of the molecule is CCCCCCCCCCCCCC=CCCC(CCCCCCC)OC(C)=O. The van der Waals surface area contributed by atoms with Crippen LogP contribution in [0.15, 0.2) is 12.2 Å². The monoisotopic (exact) mass is 408 g/mol. The molecular formula is C27H52O2. The Morgan fingerprint density at radius 3 is 1.59 bits per heavy atom. The molecule has 0 bridgehead atoms. The van der Waals surface area contributed by atoms with E-state index in [4.69, 9.17) is 4.74 Å². The molecule has 0 aliphatic carbocycles. The Bertz CT molecular complexity index is 362. The average Bonchev–Trinajstić information content (AvgIpc) is 2.70. The number of esters is 1. The normalized spacial score (nSPS) is 12.5. The van der Waals surface area contributed by atoms with Crippen LogP contribution in [0.25, 0.3) is 0 Å². The predicted molar refractivity (Wildman–Crippen MR) is 128 cm³/mol. The molecule has 0 aromatic carbocycles. The number of unbranched alkanes of at least 4 members (excludes halogenated alkanes) is 15. The Kier molecular flexibility index (Phi) is 22.8. The first-order valence-electron chi connectivity index (χ1n) is 13.0. The summed E-state index contributed by atoms with van der Waals surface area (Å²) in [5.41, 5.74) is 0. The van der Waals surface area contributed by atoms with Crippen molar-refractivity contribution in [1.82, 2.24) is 0 Å². The minimum absolute atomic E-state index is 0.112. The highest BCUT2D eigenvalue weighted by molar-refractivity contribution is 5.66. The van der Waals surface area contributed by atoms with Crippen molar-refractivity contribution in [2.45, 2.75) is 155 Å². The van der Waals surface area contributed by atoms with E-state index in [9.17, 15) is 4.79 Å². The molecule has 0 amide bonds. The van der Waals surface area contributed by atoms with Gasteiger partial charge in [-0.2, -0.15) is 0 Å². The molecule has 0 fully saturated rings. The molecule has 2 nitrogen and oxygen atoms in total. The van der Waals surface area contributed by atoms with Crippen molar-refractivity contribution in [2.24, 2.45) is 0 Å². The van der Waals surface area contributed by atoms with Crippen LogP contribution >= 0.6 is 0 Å². The molecule has 0 radical (unpaired) electrons. The van der Waals surface area contributed by atoms with Crippen molar-refractivity contribution in [1.29, 1.82) is 0 Å². The highest BCUT2D eigenvalue weighted by Gasteiger charge is 2.10. The third kappa shape index (κ3) is 23.4. The second kappa shape index (κ2) is 23.5. The van der Waals surface area contributed by atoms with Crippen LogP contribution < -0.4 is 0 Å². The summed E-state index contributed by atoms with van der Waals surface area (Å²) < 4.78 is 5.50. The van der Waals surface area contributed by atoms with E-state index in [1.165, 1.54) is 116 Å². The maximum atomic E-state index is 11.3. The van der Waals surface area contributed by atoms with Crippen LogP contribution in [0.4, 0.5) is 0 Å². The summed E-state index contributed by atoms with van der Waals surface area (Å²) in [6.07, 6.45) is 30.8. The molecule has 1 unspecified atom stereocenters. The van der Waals surface area contributed by atoms with E-state index in [-0.39, 0.29) is 12.1 Å². The first-order chi connectivity index (χ1) is 14.2. The van der Waals surface area contributed by atoms with E-state index in [0.717, 1.165) is 19.3 Å². The highest BCUT2D eigenvalue weighted by atomic mass is 16.5. The lowest BCUT2D eigenvalue weighted by Gasteiger charge is -2.16. The van der Waals surface area contributed by atoms with Gasteiger partial charge in [-0.3, -0.25) is 4.79 Å². The second-order valence-corrected chi connectivity index (χ2v) is 8.81. The Morgan fingerprint density at radius 1 is 0.621 bits per heavy atom. The highest BCUT2D eigenvalue weighted by Crippen LogP contribution is 2.15. The van der Waals surface area contributed by atoms with Gasteiger partial charge in [0.2, 0.25) is 0 Å². The summed E-state index contributed by atoms with van der Waals surface area (Å²) in [4.78, 5) is 11.3. The van der Waals surface area contributed by atoms with Crippen molar-refractivity contribution in [3.8, 4) is 0 Å². The van der Waals surface area contributed by atoms with E-state index in [1.54, 1.807) is 0 Å². The molecule has 29 heavy (non-hydrogen) atoms. The van der Waals surface area contributed by atoms with Crippen LogP contribution in [0.5, 0.6) is 0 Å². The molecule has 0 N–H and O–H groups in total. The van der Waals surface area contributed by atoms with Gasteiger partial charge in [0.1, 0.15) is 6.10 Å². The van der Waals surface area contributed by atoms with Crippen molar-refractivity contribution in [3.05, 3.63) is 12.2 Å². The average molecular weight is 409 g/mol. The molecule has 0 heterocycles. The van der Waals surface area contributed by atoms with Crippen LogP contribution in [-0.4, -0.2) is 12.1 Å². The minimum Gasteiger partial charge on any atom is -0.463 e. The fourth-order valence-corrected chi connectivity index (χ4v) is 3.92. The number of carbonyl (C=O) groups is 1. The van der Waals surface area contributed by atoms with Crippen LogP contribution in [0, 0.1) is 0 Å². The molecule has 0 saturated heterocycles. The van der Waals surface area contributed by atoms with E-state index in [1.807, 2.05) is 0 Å². The zero-order valence-corrected chi connectivity index (χ0v) is 20.2. The zero-order valence-electron chi connectivity index (χ0n) is 20.2. The number of allylic oxidation sites excluding steroid dienone is 2. The first kappa shape index (κ1) is 28.2. The van der Waals surface area contributed by atoms with Gasteiger partial charge in [-0.15, -0.1) is 0 Å². The van der Waals surface area contributed by atoms with Gasteiger partial charge in [-0.25, -0.2) is 0 Å². The predicted octanol–water partition coefficient (Wildman–Crippen LogP) is 9.32. The maximum Gasteiger partial charge on any atom is 0.302 e.